The first-order valence-corrected chi connectivity index (χ1v) is 7.20. The molecule has 2 aromatic carbocycles. The lowest BCUT2D eigenvalue weighted by Gasteiger charge is -2.25. The van der Waals surface area contributed by atoms with Crippen molar-refractivity contribution in [2.45, 2.75) is 25.2 Å². The average molecular weight is 284 g/mol. The molecule has 0 amide bonds. The lowest BCUT2D eigenvalue weighted by atomic mass is 9.87. The Labute approximate surface area is 123 Å². The third-order valence-corrected chi connectivity index (χ3v) is 3.85. The van der Waals surface area contributed by atoms with Gasteiger partial charge in [-0.3, -0.25) is 4.79 Å². The van der Waals surface area contributed by atoms with Gasteiger partial charge in [-0.05, 0) is 41.7 Å². The molecule has 21 heavy (non-hydrogen) atoms. The van der Waals surface area contributed by atoms with Crippen LogP contribution in [0.4, 0.5) is 4.39 Å². The van der Waals surface area contributed by atoms with Crippen LogP contribution in [0.15, 0.2) is 48.5 Å². The monoisotopic (exact) mass is 284 g/mol. The number of para-hydroxylation sites is 1. The van der Waals surface area contributed by atoms with Gasteiger partial charge in [0.15, 0.2) is 0 Å². The summed E-state index contributed by atoms with van der Waals surface area (Å²) < 4.78 is 18.8. The van der Waals surface area contributed by atoms with Gasteiger partial charge in [0.25, 0.3) is 0 Å². The summed E-state index contributed by atoms with van der Waals surface area (Å²) in [5, 5.41) is 0. The Morgan fingerprint density at radius 3 is 2.90 bits per heavy atom. The minimum Gasteiger partial charge on any atom is -0.493 e. The molecule has 1 aliphatic heterocycles. The molecule has 0 radical (unpaired) electrons. The fourth-order valence-electron chi connectivity index (χ4n) is 2.85. The van der Waals surface area contributed by atoms with Crippen molar-refractivity contribution in [3.8, 4) is 5.75 Å². The molecule has 108 valence electrons. The van der Waals surface area contributed by atoms with Crippen LogP contribution in [0.5, 0.6) is 5.75 Å². The van der Waals surface area contributed by atoms with E-state index < -0.39 is 0 Å². The third-order valence-electron chi connectivity index (χ3n) is 3.85. The topological polar surface area (TPSA) is 26.3 Å². The molecular formula is C18H17FO2. The van der Waals surface area contributed by atoms with Gasteiger partial charge in [-0.15, -0.1) is 0 Å². The summed E-state index contributed by atoms with van der Waals surface area (Å²) in [6, 6.07) is 14.1. The van der Waals surface area contributed by atoms with Crippen molar-refractivity contribution in [2.24, 2.45) is 0 Å². The SMILES string of the molecule is O=C(Cc1cccc(F)c1)CC1CCOc2ccccc21. The van der Waals surface area contributed by atoms with Crippen molar-refractivity contribution in [3.05, 3.63) is 65.5 Å². The van der Waals surface area contributed by atoms with Crippen LogP contribution in [0.3, 0.4) is 0 Å². The number of Topliss-reactive ketones (excluding diaryl/α,β-unsaturated/α-hetero) is 1. The van der Waals surface area contributed by atoms with Gasteiger partial charge in [0.2, 0.25) is 0 Å². The lowest BCUT2D eigenvalue weighted by molar-refractivity contribution is -0.118. The number of halogens is 1. The van der Waals surface area contributed by atoms with Crippen LogP contribution >= 0.6 is 0 Å². The predicted octanol–water partition coefficient (Wildman–Crippen LogP) is 3.89. The van der Waals surface area contributed by atoms with Crippen molar-refractivity contribution in [1.82, 2.24) is 0 Å². The molecule has 0 aliphatic carbocycles. The Kier molecular flexibility index (Phi) is 4.00. The summed E-state index contributed by atoms with van der Waals surface area (Å²) in [4.78, 5) is 12.2. The second kappa shape index (κ2) is 6.08. The second-order valence-corrected chi connectivity index (χ2v) is 5.42. The molecule has 0 bridgehead atoms. The molecule has 0 saturated carbocycles. The highest BCUT2D eigenvalue weighted by molar-refractivity contribution is 5.81. The van der Waals surface area contributed by atoms with E-state index in [-0.39, 0.29) is 23.9 Å². The van der Waals surface area contributed by atoms with E-state index in [1.165, 1.54) is 12.1 Å². The van der Waals surface area contributed by atoms with Gasteiger partial charge in [0.1, 0.15) is 17.3 Å². The minimum absolute atomic E-state index is 0.141. The zero-order valence-electron chi connectivity index (χ0n) is 11.7. The number of rotatable bonds is 4. The zero-order chi connectivity index (χ0) is 14.7. The molecule has 0 saturated heterocycles. The largest absolute Gasteiger partial charge is 0.493 e. The maximum atomic E-state index is 13.1. The van der Waals surface area contributed by atoms with E-state index in [1.807, 2.05) is 24.3 Å². The predicted molar refractivity (Wildman–Crippen MR) is 79.0 cm³/mol. The van der Waals surface area contributed by atoms with E-state index in [9.17, 15) is 9.18 Å². The molecule has 1 atom stereocenters. The fraction of sp³-hybridized carbons (Fsp3) is 0.278. The van der Waals surface area contributed by atoms with Crippen molar-refractivity contribution in [2.75, 3.05) is 6.61 Å². The van der Waals surface area contributed by atoms with Crippen LogP contribution in [0.2, 0.25) is 0 Å². The normalized spacial score (nSPS) is 16.9. The maximum Gasteiger partial charge on any atom is 0.137 e. The van der Waals surface area contributed by atoms with Crippen LogP contribution in [-0.2, 0) is 11.2 Å². The Morgan fingerprint density at radius 1 is 1.19 bits per heavy atom. The number of benzene rings is 2. The molecular weight excluding hydrogens is 267 g/mol. The Balaban J connectivity index is 1.68. The van der Waals surface area contributed by atoms with Gasteiger partial charge in [0, 0.05) is 12.8 Å². The number of carbonyl (C=O) groups excluding carboxylic acids is 1. The molecule has 0 spiro atoms. The van der Waals surface area contributed by atoms with Gasteiger partial charge < -0.3 is 4.74 Å². The summed E-state index contributed by atoms with van der Waals surface area (Å²) in [7, 11) is 0. The number of hydrogen-bond donors (Lipinski definition) is 0. The average Bonchev–Trinajstić information content (AvgIpc) is 2.47. The van der Waals surface area contributed by atoms with Gasteiger partial charge in [0.05, 0.1) is 6.61 Å². The molecule has 1 unspecified atom stereocenters. The van der Waals surface area contributed by atoms with Gasteiger partial charge in [-0.2, -0.15) is 0 Å². The van der Waals surface area contributed by atoms with Crippen LogP contribution < -0.4 is 4.74 Å². The summed E-state index contributed by atoms with van der Waals surface area (Å²) in [6.45, 7) is 0.648. The smallest absolute Gasteiger partial charge is 0.137 e. The third kappa shape index (κ3) is 3.30. The highest BCUT2D eigenvalue weighted by Crippen LogP contribution is 2.35. The molecule has 2 nitrogen and oxygen atoms in total. The fourth-order valence-corrected chi connectivity index (χ4v) is 2.85. The van der Waals surface area contributed by atoms with Crippen LogP contribution in [0, 0.1) is 5.82 Å². The van der Waals surface area contributed by atoms with Crippen LogP contribution in [0.25, 0.3) is 0 Å². The highest BCUT2D eigenvalue weighted by atomic mass is 19.1. The molecule has 3 heteroatoms. The van der Waals surface area contributed by atoms with Gasteiger partial charge in [-0.25, -0.2) is 4.39 Å². The second-order valence-electron chi connectivity index (χ2n) is 5.42. The molecule has 0 aromatic heterocycles. The van der Waals surface area contributed by atoms with E-state index in [0.717, 1.165) is 23.3 Å². The van der Waals surface area contributed by atoms with E-state index in [4.69, 9.17) is 4.74 Å². The Hall–Kier alpha value is -2.16. The first kappa shape index (κ1) is 13.8. The first-order valence-electron chi connectivity index (χ1n) is 7.20. The number of carbonyl (C=O) groups is 1. The quantitative estimate of drug-likeness (QED) is 0.851. The van der Waals surface area contributed by atoms with Crippen molar-refractivity contribution in [3.63, 3.8) is 0 Å². The summed E-state index contributed by atoms with van der Waals surface area (Å²) in [6.07, 6.45) is 1.63. The molecule has 0 fully saturated rings. The maximum absolute atomic E-state index is 13.1. The van der Waals surface area contributed by atoms with E-state index >= 15 is 0 Å². The first-order chi connectivity index (χ1) is 10.2. The Bertz CT molecular complexity index is 651. The minimum atomic E-state index is -0.295. The summed E-state index contributed by atoms with van der Waals surface area (Å²) in [5.74, 6) is 0.933. The van der Waals surface area contributed by atoms with Gasteiger partial charge in [-0.1, -0.05) is 30.3 Å². The number of ether oxygens (including phenoxy) is 1. The lowest BCUT2D eigenvalue weighted by Crippen LogP contribution is -2.17. The number of hydrogen-bond acceptors (Lipinski definition) is 2. The summed E-state index contributed by atoms with van der Waals surface area (Å²) >= 11 is 0. The number of fused-ring (bicyclic) bond motifs is 1. The van der Waals surface area contributed by atoms with Crippen LogP contribution in [-0.4, -0.2) is 12.4 Å². The number of ketones is 1. The van der Waals surface area contributed by atoms with E-state index in [0.29, 0.717) is 13.0 Å². The van der Waals surface area contributed by atoms with Gasteiger partial charge >= 0.3 is 0 Å². The molecule has 1 aliphatic rings. The standard InChI is InChI=1S/C18H17FO2/c19-15-5-3-4-13(10-15)11-16(20)12-14-8-9-21-18-7-2-1-6-17(14)18/h1-7,10,14H,8-9,11-12H2. The van der Waals surface area contributed by atoms with Crippen LogP contribution in [0.1, 0.15) is 29.9 Å². The highest BCUT2D eigenvalue weighted by Gasteiger charge is 2.23. The zero-order valence-corrected chi connectivity index (χ0v) is 11.7. The van der Waals surface area contributed by atoms with Crippen molar-refractivity contribution < 1.29 is 13.9 Å². The summed E-state index contributed by atoms with van der Waals surface area (Å²) in [5.41, 5.74) is 1.84. The Morgan fingerprint density at radius 2 is 2.05 bits per heavy atom. The van der Waals surface area contributed by atoms with Crippen molar-refractivity contribution in [1.29, 1.82) is 0 Å². The molecule has 3 rings (SSSR count). The van der Waals surface area contributed by atoms with Crippen molar-refractivity contribution >= 4 is 5.78 Å². The van der Waals surface area contributed by atoms with E-state index in [1.54, 1.807) is 12.1 Å². The molecule has 1 heterocycles. The molecule has 2 aromatic rings. The molecule has 0 N–H and O–H groups in total. The van der Waals surface area contributed by atoms with E-state index in [2.05, 4.69) is 0 Å².